The van der Waals surface area contributed by atoms with Crippen LogP contribution in [0.2, 0.25) is 0 Å². The van der Waals surface area contributed by atoms with E-state index < -0.39 is 0 Å². The third kappa shape index (κ3) is 3.07. The summed E-state index contributed by atoms with van der Waals surface area (Å²) in [5, 5.41) is 7.19. The zero-order valence-corrected chi connectivity index (χ0v) is 15.5. The summed E-state index contributed by atoms with van der Waals surface area (Å²) in [6.07, 6.45) is 3.28. The Hall–Kier alpha value is -2.84. The van der Waals surface area contributed by atoms with Gasteiger partial charge in [0, 0.05) is 0 Å². The van der Waals surface area contributed by atoms with Crippen LogP contribution in [0, 0.1) is 5.82 Å². The van der Waals surface area contributed by atoms with Gasteiger partial charge in [0.2, 0.25) is 0 Å². The molecule has 5 aromatic rings. The molecule has 0 unspecified atom stereocenters. The minimum atomic E-state index is -0.281. The van der Waals surface area contributed by atoms with Gasteiger partial charge in [-0.15, -0.1) is 11.3 Å². The van der Waals surface area contributed by atoms with E-state index in [4.69, 9.17) is 0 Å². The maximum atomic E-state index is 13.2. The Morgan fingerprint density at radius 3 is 2.74 bits per heavy atom. The van der Waals surface area contributed by atoms with Gasteiger partial charge in [0.15, 0.2) is 5.65 Å². The molecule has 8 heteroatoms. The number of fused-ring (bicyclic) bond motifs is 2. The quantitative estimate of drug-likeness (QED) is 0.322. The first-order chi connectivity index (χ1) is 13.3. The maximum Gasteiger partial charge on any atom is 0.167 e. The van der Waals surface area contributed by atoms with Crippen molar-refractivity contribution in [3.8, 4) is 5.69 Å². The van der Waals surface area contributed by atoms with Crippen LogP contribution >= 0.6 is 23.1 Å². The lowest BCUT2D eigenvalue weighted by molar-refractivity contribution is 0.627. The van der Waals surface area contributed by atoms with E-state index in [0.29, 0.717) is 5.65 Å². The molecule has 0 bridgehead atoms. The Kier molecular flexibility index (Phi) is 4.06. The SMILES string of the molecule is Fc1ccc(-n2ncc3c(SCc4nc5ccccc5s4)ncnc32)cc1. The highest BCUT2D eigenvalue weighted by Crippen LogP contribution is 2.31. The molecule has 0 aliphatic rings. The van der Waals surface area contributed by atoms with Crippen LogP contribution in [0.3, 0.4) is 0 Å². The molecule has 0 spiro atoms. The Morgan fingerprint density at radius 1 is 1.04 bits per heavy atom. The number of hydrogen-bond donors (Lipinski definition) is 0. The molecule has 0 N–H and O–H groups in total. The summed E-state index contributed by atoms with van der Waals surface area (Å²) in [6.45, 7) is 0. The molecule has 0 fully saturated rings. The van der Waals surface area contributed by atoms with E-state index in [2.05, 4.69) is 26.1 Å². The van der Waals surface area contributed by atoms with Crippen molar-refractivity contribution in [2.75, 3.05) is 0 Å². The minimum Gasteiger partial charge on any atom is -0.240 e. The summed E-state index contributed by atoms with van der Waals surface area (Å²) < 4.78 is 16.1. The number of para-hydroxylation sites is 1. The van der Waals surface area contributed by atoms with E-state index in [1.54, 1.807) is 46.1 Å². The van der Waals surface area contributed by atoms with Crippen molar-refractivity contribution >= 4 is 44.3 Å². The molecule has 2 aromatic carbocycles. The van der Waals surface area contributed by atoms with Crippen LogP contribution in [0.15, 0.2) is 66.1 Å². The highest BCUT2D eigenvalue weighted by Gasteiger charge is 2.13. The van der Waals surface area contributed by atoms with Crippen LogP contribution in [-0.4, -0.2) is 24.7 Å². The molecular weight excluding hydrogens is 381 g/mol. The molecule has 3 heterocycles. The third-order valence-electron chi connectivity index (χ3n) is 4.07. The first-order valence-corrected chi connectivity index (χ1v) is 10.00. The number of hydrogen-bond acceptors (Lipinski definition) is 6. The standard InChI is InChI=1S/C19H12FN5S2/c20-12-5-7-13(8-6-12)25-18-14(9-23-25)19(22-11-21-18)26-10-17-24-15-3-1-2-4-16(15)27-17/h1-9,11H,10H2. The number of aromatic nitrogens is 5. The third-order valence-corrected chi connectivity index (χ3v) is 6.31. The Balaban J connectivity index is 1.46. The maximum absolute atomic E-state index is 13.2. The summed E-state index contributed by atoms with van der Waals surface area (Å²) in [6, 6.07) is 14.3. The van der Waals surface area contributed by atoms with Crippen LogP contribution < -0.4 is 0 Å². The number of halogens is 1. The summed E-state index contributed by atoms with van der Waals surface area (Å²) in [5.41, 5.74) is 2.48. The van der Waals surface area contributed by atoms with Gasteiger partial charge in [0.25, 0.3) is 0 Å². The monoisotopic (exact) mass is 393 g/mol. The van der Waals surface area contributed by atoms with Gasteiger partial charge in [-0.1, -0.05) is 23.9 Å². The zero-order chi connectivity index (χ0) is 18.2. The largest absolute Gasteiger partial charge is 0.240 e. The lowest BCUT2D eigenvalue weighted by Gasteiger charge is -2.03. The topological polar surface area (TPSA) is 56.5 Å². The molecule has 0 radical (unpaired) electrons. The van der Waals surface area contributed by atoms with Crippen molar-refractivity contribution in [2.24, 2.45) is 0 Å². The minimum absolute atomic E-state index is 0.281. The Bertz CT molecular complexity index is 1210. The fourth-order valence-electron chi connectivity index (χ4n) is 2.82. The molecule has 0 aliphatic heterocycles. The van der Waals surface area contributed by atoms with Crippen molar-refractivity contribution in [3.05, 3.63) is 71.9 Å². The molecule has 0 saturated heterocycles. The number of nitrogens with zero attached hydrogens (tertiary/aromatic N) is 5. The van der Waals surface area contributed by atoms with Gasteiger partial charge in [0.05, 0.1) is 33.2 Å². The van der Waals surface area contributed by atoms with E-state index in [1.807, 2.05) is 18.2 Å². The highest BCUT2D eigenvalue weighted by atomic mass is 32.2. The molecule has 0 amide bonds. The van der Waals surface area contributed by atoms with Gasteiger partial charge < -0.3 is 0 Å². The van der Waals surface area contributed by atoms with E-state index in [1.165, 1.54) is 23.2 Å². The van der Waals surface area contributed by atoms with Crippen LogP contribution in [0.1, 0.15) is 5.01 Å². The predicted molar refractivity (Wildman–Crippen MR) is 106 cm³/mol. The smallest absolute Gasteiger partial charge is 0.167 e. The van der Waals surface area contributed by atoms with Crippen molar-refractivity contribution in [1.29, 1.82) is 0 Å². The molecule has 0 aliphatic carbocycles. The molecule has 0 atom stereocenters. The average molecular weight is 393 g/mol. The van der Waals surface area contributed by atoms with Gasteiger partial charge in [-0.05, 0) is 36.4 Å². The van der Waals surface area contributed by atoms with Crippen LogP contribution in [0.25, 0.3) is 26.9 Å². The van der Waals surface area contributed by atoms with Crippen molar-refractivity contribution in [1.82, 2.24) is 24.7 Å². The van der Waals surface area contributed by atoms with Gasteiger partial charge in [-0.3, -0.25) is 0 Å². The van der Waals surface area contributed by atoms with Crippen LogP contribution in [0.4, 0.5) is 4.39 Å². The number of rotatable bonds is 4. The second-order valence-electron chi connectivity index (χ2n) is 5.81. The lowest BCUT2D eigenvalue weighted by Crippen LogP contribution is -1.98. The molecule has 5 nitrogen and oxygen atoms in total. The van der Waals surface area contributed by atoms with E-state index in [0.717, 1.165) is 32.4 Å². The van der Waals surface area contributed by atoms with Crippen molar-refractivity contribution < 1.29 is 4.39 Å². The highest BCUT2D eigenvalue weighted by molar-refractivity contribution is 7.98. The van der Waals surface area contributed by atoms with Gasteiger partial charge in [0.1, 0.15) is 22.2 Å². The van der Waals surface area contributed by atoms with E-state index in [-0.39, 0.29) is 5.82 Å². The second-order valence-corrected chi connectivity index (χ2v) is 7.89. The van der Waals surface area contributed by atoms with E-state index in [9.17, 15) is 4.39 Å². The fraction of sp³-hybridized carbons (Fsp3) is 0.0526. The summed E-state index contributed by atoms with van der Waals surface area (Å²) in [4.78, 5) is 13.4. The number of thioether (sulfide) groups is 1. The Labute approximate surface area is 161 Å². The van der Waals surface area contributed by atoms with Gasteiger partial charge in [-0.2, -0.15) is 5.10 Å². The summed E-state index contributed by atoms with van der Waals surface area (Å²) >= 11 is 3.31. The molecule has 3 aromatic heterocycles. The molecule has 0 saturated carbocycles. The first-order valence-electron chi connectivity index (χ1n) is 8.20. The van der Waals surface area contributed by atoms with Gasteiger partial charge >= 0.3 is 0 Å². The number of thiazole rings is 1. The van der Waals surface area contributed by atoms with E-state index >= 15 is 0 Å². The number of benzene rings is 2. The summed E-state index contributed by atoms with van der Waals surface area (Å²) in [5.74, 6) is 0.449. The van der Waals surface area contributed by atoms with Crippen molar-refractivity contribution in [3.63, 3.8) is 0 Å². The normalized spacial score (nSPS) is 11.4. The zero-order valence-electron chi connectivity index (χ0n) is 13.9. The fourth-order valence-corrected chi connectivity index (χ4v) is 4.74. The molecule has 132 valence electrons. The van der Waals surface area contributed by atoms with Crippen molar-refractivity contribution in [2.45, 2.75) is 10.8 Å². The first kappa shape index (κ1) is 16.3. The predicted octanol–water partition coefficient (Wildman–Crippen LogP) is 4.86. The second kappa shape index (κ2) is 6.71. The molecule has 5 rings (SSSR count). The van der Waals surface area contributed by atoms with Crippen LogP contribution in [0.5, 0.6) is 0 Å². The average Bonchev–Trinajstić information content (AvgIpc) is 3.31. The Morgan fingerprint density at radius 2 is 1.89 bits per heavy atom. The molecular formula is C19H12FN5S2. The lowest BCUT2D eigenvalue weighted by atomic mass is 10.3. The van der Waals surface area contributed by atoms with Gasteiger partial charge in [-0.25, -0.2) is 24.0 Å². The summed E-state index contributed by atoms with van der Waals surface area (Å²) in [7, 11) is 0. The molecule has 27 heavy (non-hydrogen) atoms. The van der Waals surface area contributed by atoms with Crippen LogP contribution in [-0.2, 0) is 5.75 Å².